The lowest BCUT2D eigenvalue weighted by Gasteiger charge is -2.12. The molecule has 0 saturated heterocycles. The molecule has 1 aromatic rings. The van der Waals surface area contributed by atoms with Crippen LogP contribution in [-0.2, 0) is 0 Å². The summed E-state index contributed by atoms with van der Waals surface area (Å²) in [5.41, 5.74) is 0. The molecule has 0 radical (unpaired) electrons. The van der Waals surface area contributed by atoms with Crippen molar-refractivity contribution in [1.82, 2.24) is 9.97 Å². The van der Waals surface area contributed by atoms with Gasteiger partial charge < -0.3 is 10.1 Å². The number of halogens is 1. The Kier molecular flexibility index (Phi) is 3.83. The Balaban J connectivity index is 1.96. The molecule has 1 fully saturated rings. The van der Waals surface area contributed by atoms with E-state index in [-0.39, 0.29) is 0 Å². The number of nitrogens with zero attached hydrogens (tertiary/aromatic N) is 2. The summed E-state index contributed by atoms with van der Waals surface area (Å²) >= 11 is 6.00. The lowest BCUT2D eigenvalue weighted by atomic mass is 10.1. The Morgan fingerprint density at radius 3 is 2.94 bits per heavy atom. The van der Waals surface area contributed by atoms with Crippen molar-refractivity contribution in [2.45, 2.75) is 25.7 Å². The van der Waals surface area contributed by atoms with Crippen LogP contribution in [0.2, 0.25) is 5.02 Å². The van der Waals surface area contributed by atoms with Gasteiger partial charge in [-0.2, -0.15) is 4.98 Å². The molecule has 16 heavy (non-hydrogen) atoms. The molecule has 0 amide bonds. The van der Waals surface area contributed by atoms with Crippen molar-refractivity contribution in [3.8, 4) is 6.01 Å². The second-order valence-electron chi connectivity index (χ2n) is 4.08. The van der Waals surface area contributed by atoms with E-state index in [1.165, 1.54) is 25.7 Å². The summed E-state index contributed by atoms with van der Waals surface area (Å²) in [5.74, 6) is 1.41. The molecule has 1 heterocycles. The van der Waals surface area contributed by atoms with Crippen LogP contribution >= 0.6 is 11.6 Å². The average Bonchev–Trinajstić information content (AvgIpc) is 2.81. The average molecular weight is 242 g/mol. The molecule has 2 rings (SSSR count). The number of aromatic nitrogens is 2. The third-order valence-corrected chi connectivity index (χ3v) is 3.21. The molecule has 0 aromatic carbocycles. The SMILES string of the molecule is COc1ncc(Cl)c(NCC2CCCC2)n1. The van der Waals surface area contributed by atoms with Gasteiger partial charge >= 0.3 is 6.01 Å². The molecule has 0 spiro atoms. The Hall–Kier alpha value is -1.03. The zero-order valence-corrected chi connectivity index (χ0v) is 10.1. The standard InChI is InChI=1S/C11H16ClN3O/c1-16-11-14-7-9(12)10(15-11)13-6-8-4-2-3-5-8/h7-8H,2-6H2,1H3,(H,13,14,15). The highest BCUT2D eigenvalue weighted by Gasteiger charge is 2.15. The molecule has 5 heteroatoms. The molecular weight excluding hydrogens is 226 g/mol. The van der Waals surface area contributed by atoms with Crippen molar-refractivity contribution < 1.29 is 4.74 Å². The van der Waals surface area contributed by atoms with Crippen molar-refractivity contribution in [2.24, 2.45) is 5.92 Å². The van der Waals surface area contributed by atoms with Gasteiger partial charge in [0.05, 0.1) is 13.3 Å². The fourth-order valence-corrected chi connectivity index (χ4v) is 2.19. The van der Waals surface area contributed by atoms with Gasteiger partial charge in [-0.3, -0.25) is 0 Å². The minimum absolute atomic E-state index is 0.346. The second kappa shape index (κ2) is 5.34. The number of ether oxygens (including phenoxy) is 1. The van der Waals surface area contributed by atoms with Crippen molar-refractivity contribution >= 4 is 17.4 Å². The minimum atomic E-state index is 0.346. The van der Waals surface area contributed by atoms with Crippen LogP contribution in [0.3, 0.4) is 0 Å². The maximum absolute atomic E-state index is 6.00. The van der Waals surface area contributed by atoms with E-state index in [1.807, 2.05) is 0 Å². The maximum Gasteiger partial charge on any atom is 0.318 e. The third-order valence-electron chi connectivity index (χ3n) is 2.94. The molecule has 88 valence electrons. The summed E-state index contributed by atoms with van der Waals surface area (Å²) in [6.07, 6.45) is 6.84. The molecule has 1 N–H and O–H groups in total. The van der Waals surface area contributed by atoms with Crippen LogP contribution in [0, 0.1) is 5.92 Å². The Labute approximate surface area is 100 Å². The highest BCUT2D eigenvalue weighted by atomic mass is 35.5. The molecule has 0 atom stereocenters. The van der Waals surface area contributed by atoms with Crippen LogP contribution in [0.5, 0.6) is 6.01 Å². The van der Waals surface area contributed by atoms with E-state index in [4.69, 9.17) is 16.3 Å². The highest BCUT2D eigenvalue weighted by Crippen LogP contribution is 2.26. The second-order valence-corrected chi connectivity index (χ2v) is 4.49. The van der Waals surface area contributed by atoms with Crippen LogP contribution in [0.25, 0.3) is 0 Å². The first kappa shape index (κ1) is 11.5. The Bertz CT molecular complexity index is 353. The van der Waals surface area contributed by atoms with E-state index in [0.29, 0.717) is 16.9 Å². The number of nitrogens with one attached hydrogen (secondary N) is 1. The van der Waals surface area contributed by atoms with Crippen molar-refractivity contribution in [3.05, 3.63) is 11.2 Å². The zero-order valence-electron chi connectivity index (χ0n) is 9.37. The third kappa shape index (κ3) is 2.76. The smallest absolute Gasteiger partial charge is 0.318 e. The number of hydrogen-bond donors (Lipinski definition) is 1. The van der Waals surface area contributed by atoms with Gasteiger partial charge in [0.1, 0.15) is 5.02 Å². The quantitative estimate of drug-likeness (QED) is 0.881. The Morgan fingerprint density at radius 1 is 1.50 bits per heavy atom. The van der Waals surface area contributed by atoms with Gasteiger partial charge in [-0.1, -0.05) is 24.4 Å². The molecule has 0 unspecified atom stereocenters. The molecular formula is C11H16ClN3O. The lowest BCUT2D eigenvalue weighted by molar-refractivity contribution is 0.380. The summed E-state index contributed by atoms with van der Waals surface area (Å²) < 4.78 is 4.96. The number of anilines is 1. The predicted molar refractivity (Wildman–Crippen MR) is 64.0 cm³/mol. The molecule has 0 aliphatic heterocycles. The largest absolute Gasteiger partial charge is 0.467 e. The minimum Gasteiger partial charge on any atom is -0.467 e. The van der Waals surface area contributed by atoms with Gasteiger partial charge in [0.25, 0.3) is 0 Å². The van der Waals surface area contributed by atoms with Gasteiger partial charge in [-0.15, -0.1) is 0 Å². The highest BCUT2D eigenvalue weighted by molar-refractivity contribution is 6.32. The van der Waals surface area contributed by atoms with E-state index in [2.05, 4.69) is 15.3 Å². The summed E-state index contributed by atoms with van der Waals surface area (Å²) in [7, 11) is 1.55. The first-order valence-corrected chi connectivity index (χ1v) is 5.98. The Morgan fingerprint density at radius 2 is 2.25 bits per heavy atom. The van der Waals surface area contributed by atoms with Crippen molar-refractivity contribution in [1.29, 1.82) is 0 Å². The molecule has 1 aliphatic carbocycles. The first-order valence-electron chi connectivity index (χ1n) is 5.60. The van der Waals surface area contributed by atoms with Gasteiger partial charge in [0.2, 0.25) is 0 Å². The maximum atomic E-state index is 6.00. The predicted octanol–water partition coefficient (Wildman–Crippen LogP) is 2.74. The fraction of sp³-hybridized carbons (Fsp3) is 0.636. The summed E-state index contributed by atoms with van der Waals surface area (Å²) in [6, 6.07) is 0.346. The van der Waals surface area contributed by atoms with Crippen molar-refractivity contribution in [3.63, 3.8) is 0 Å². The topological polar surface area (TPSA) is 47.0 Å². The van der Waals surface area contributed by atoms with Crippen LogP contribution in [-0.4, -0.2) is 23.6 Å². The number of hydrogen-bond acceptors (Lipinski definition) is 4. The zero-order chi connectivity index (χ0) is 11.4. The number of methoxy groups -OCH3 is 1. The monoisotopic (exact) mass is 241 g/mol. The van der Waals surface area contributed by atoms with E-state index in [0.717, 1.165) is 12.5 Å². The van der Waals surface area contributed by atoms with Gasteiger partial charge in [-0.25, -0.2) is 4.98 Å². The van der Waals surface area contributed by atoms with Crippen molar-refractivity contribution in [2.75, 3.05) is 19.0 Å². The molecule has 4 nitrogen and oxygen atoms in total. The fourth-order valence-electron chi connectivity index (χ4n) is 2.03. The van der Waals surface area contributed by atoms with Crippen LogP contribution in [0.15, 0.2) is 6.20 Å². The van der Waals surface area contributed by atoms with E-state index in [9.17, 15) is 0 Å². The normalized spacial score (nSPS) is 16.4. The molecule has 1 aromatic heterocycles. The molecule has 1 aliphatic rings. The summed E-state index contributed by atoms with van der Waals surface area (Å²) in [4.78, 5) is 8.11. The molecule has 1 saturated carbocycles. The van der Waals surface area contributed by atoms with Crippen LogP contribution in [0.1, 0.15) is 25.7 Å². The first-order chi connectivity index (χ1) is 7.79. The summed E-state index contributed by atoms with van der Waals surface area (Å²) in [5, 5.41) is 3.81. The number of rotatable bonds is 4. The van der Waals surface area contributed by atoms with Gasteiger partial charge in [-0.05, 0) is 18.8 Å². The summed E-state index contributed by atoms with van der Waals surface area (Å²) in [6.45, 7) is 0.930. The van der Waals surface area contributed by atoms with E-state index < -0.39 is 0 Å². The van der Waals surface area contributed by atoms with E-state index >= 15 is 0 Å². The van der Waals surface area contributed by atoms with E-state index in [1.54, 1.807) is 13.3 Å². The van der Waals surface area contributed by atoms with Gasteiger partial charge in [0.15, 0.2) is 5.82 Å². The van der Waals surface area contributed by atoms with Crippen LogP contribution < -0.4 is 10.1 Å². The van der Waals surface area contributed by atoms with Gasteiger partial charge in [0, 0.05) is 6.54 Å². The molecule has 0 bridgehead atoms. The van der Waals surface area contributed by atoms with Crippen LogP contribution in [0.4, 0.5) is 5.82 Å². The lowest BCUT2D eigenvalue weighted by Crippen LogP contribution is -2.12.